The monoisotopic (exact) mass is 250 g/mol. The molecule has 1 aliphatic heterocycles. The highest BCUT2D eigenvalue weighted by Crippen LogP contribution is 2.48. The maximum absolute atomic E-state index is 13.2. The van der Waals surface area contributed by atoms with Crippen molar-refractivity contribution >= 4 is 0 Å². The SMILES string of the molecule is CC1CCCCC12C[C@@H](O)c1cc(F)ccc1O2. The van der Waals surface area contributed by atoms with Crippen LogP contribution in [0.25, 0.3) is 0 Å². The van der Waals surface area contributed by atoms with E-state index in [1.165, 1.54) is 18.6 Å². The van der Waals surface area contributed by atoms with Gasteiger partial charge in [-0.15, -0.1) is 0 Å². The Hall–Kier alpha value is -1.09. The summed E-state index contributed by atoms with van der Waals surface area (Å²) in [5.74, 6) is 0.784. The van der Waals surface area contributed by atoms with Gasteiger partial charge in [-0.1, -0.05) is 13.3 Å². The second-order valence-electron chi connectivity index (χ2n) is 5.72. The summed E-state index contributed by atoms with van der Waals surface area (Å²) in [6.07, 6.45) is 4.49. The van der Waals surface area contributed by atoms with Gasteiger partial charge in [-0.05, 0) is 43.4 Å². The van der Waals surface area contributed by atoms with Gasteiger partial charge in [-0.2, -0.15) is 0 Å². The lowest BCUT2D eigenvalue weighted by molar-refractivity contribution is -0.0718. The van der Waals surface area contributed by atoms with E-state index in [0.717, 1.165) is 19.3 Å². The molecular formula is C15H19FO2. The largest absolute Gasteiger partial charge is 0.487 e. The molecule has 1 aliphatic carbocycles. The first-order chi connectivity index (χ1) is 8.61. The number of fused-ring (bicyclic) bond motifs is 1. The molecule has 0 bridgehead atoms. The van der Waals surface area contributed by atoms with E-state index in [1.54, 1.807) is 6.07 Å². The zero-order chi connectivity index (χ0) is 12.8. The van der Waals surface area contributed by atoms with Gasteiger partial charge in [0.05, 0.1) is 6.10 Å². The summed E-state index contributed by atoms with van der Waals surface area (Å²) in [4.78, 5) is 0. The molecule has 0 radical (unpaired) electrons. The molecule has 98 valence electrons. The van der Waals surface area contributed by atoms with Crippen LogP contribution < -0.4 is 4.74 Å². The third-order valence-corrected chi connectivity index (χ3v) is 4.57. The van der Waals surface area contributed by atoms with E-state index in [9.17, 15) is 9.50 Å². The predicted octanol–water partition coefficient (Wildman–Crippen LogP) is 3.59. The maximum Gasteiger partial charge on any atom is 0.126 e. The van der Waals surface area contributed by atoms with Gasteiger partial charge in [0.2, 0.25) is 0 Å². The summed E-state index contributed by atoms with van der Waals surface area (Å²) in [6, 6.07) is 4.44. The highest BCUT2D eigenvalue weighted by molar-refractivity contribution is 5.38. The van der Waals surface area contributed by atoms with Gasteiger partial charge < -0.3 is 9.84 Å². The molecular weight excluding hydrogens is 231 g/mol. The Kier molecular flexibility index (Phi) is 2.81. The normalized spacial score (nSPS) is 35.1. The van der Waals surface area contributed by atoms with Crippen LogP contribution in [0.3, 0.4) is 0 Å². The van der Waals surface area contributed by atoms with Crippen LogP contribution in [0.15, 0.2) is 18.2 Å². The molecule has 1 heterocycles. The van der Waals surface area contributed by atoms with Crippen molar-refractivity contribution in [2.75, 3.05) is 0 Å². The summed E-state index contributed by atoms with van der Waals surface area (Å²) in [5, 5.41) is 10.3. The van der Waals surface area contributed by atoms with E-state index >= 15 is 0 Å². The Labute approximate surface area is 107 Å². The number of ether oxygens (including phenoxy) is 1. The predicted molar refractivity (Wildman–Crippen MR) is 67.0 cm³/mol. The summed E-state index contributed by atoms with van der Waals surface area (Å²) in [5.41, 5.74) is 0.348. The summed E-state index contributed by atoms with van der Waals surface area (Å²) >= 11 is 0. The smallest absolute Gasteiger partial charge is 0.126 e. The first-order valence-electron chi connectivity index (χ1n) is 6.77. The first-order valence-corrected chi connectivity index (χ1v) is 6.77. The second kappa shape index (κ2) is 4.23. The van der Waals surface area contributed by atoms with Gasteiger partial charge in [0.15, 0.2) is 0 Å². The van der Waals surface area contributed by atoms with Crippen molar-refractivity contribution in [1.29, 1.82) is 0 Å². The van der Waals surface area contributed by atoms with Gasteiger partial charge in [-0.25, -0.2) is 4.39 Å². The molecule has 3 rings (SSSR count). The van der Waals surface area contributed by atoms with Crippen LogP contribution in [-0.4, -0.2) is 10.7 Å². The molecule has 3 heteroatoms. The highest BCUT2D eigenvalue weighted by Gasteiger charge is 2.45. The molecule has 1 fully saturated rings. The summed E-state index contributed by atoms with van der Waals surface area (Å²) in [6.45, 7) is 2.19. The first kappa shape index (κ1) is 12.0. The number of benzene rings is 1. The Bertz CT molecular complexity index is 460. The Morgan fingerprint density at radius 2 is 2.22 bits per heavy atom. The molecule has 0 aromatic heterocycles. The molecule has 1 spiro atoms. The number of halogens is 1. The molecule has 3 atom stereocenters. The van der Waals surface area contributed by atoms with Crippen LogP contribution in [0, 0.1) is 11.7 Å². The lowest BCUT2D eigenvalue weighted by atomic mass is 9.71. The molecule has 0 amide bonds. The van der Waals surface area contributed by atoms with Crippen LogP contribution in [0.1, 0.15) is 50.7 Å². The lowest BCUT2D eigenvalue weighted by Crippen LogP contribution is -2.48. The molecule has 1 saturated carbocycles. The van der Waals surface area contributed by atoms with E-state index in [1.807, 2.05) is 0 Å². The van der Waals surface area contributed by atoms with Crippen LogP contribution >= 0.6 is 0 Å². The molecule has 1 N–H and O–H groups in total. The molecule has 1 aromatic carbocycles. The van der Waals surface area contributed by atoms with Gasteiger partial charge >= 0.3 is 0 Å². The molecule has 2 nitrogen and oxygen atoms in total. The van der Waals surface area contributed by atoms with Crippen molar-refractivity contribution in [3.63, 3.8) is 0 Å². The zero-order valence-corrected chi connectivity index (χ0v) is 10.7. The summed E-state index contributed by atoms with van der Waals surface area (Å²) < 4.78 is 19.4. The molecule has 0 saturated heterocycles. The fraction of sp³-hybridized carbons (Fsp3) is 0.600. The maximum atomic E-state index is 13.2. The Morgan fingerprint density at radius 1 is 1.39 bits per heavy atom. The van der Waals surface area contributed by atoms with Gasteiger partial charge in [0, 0.05) is 12.0 Å². The minimum atomic E-state index is -0.606. The van der Waals surface area contributed by atoms with Crippen molar-refractivity contribution in [3.8, 4) is 5.75 Å². The van der Waals surface area contributed by atoms with Crippen molar-refractivity contribution in [2.24, 2.45) is 5.92 Å². The van der Waals surface area contributed by atoms with E-state index in [4.69, 9.17) is 4.74 Å². The van der Waals surface area contributed by atoms with Crippen LogP contribution in [0.5, 0.6) is 5.75 Å². The number of hydrogen-bond donors (Lipinski definition) is 1. The number of hydrogen-bond acceptors (Lipinski definition) is 2. The third-order valence-electron chi connectivity index (χ3n) is 4.57. The van der Waals surface area contributed by atoms with Crippen LogP contribution in [0.2, 0.25) is 0 Å². The van der Waals surface area contributed by atoms with Crippen molar-refractivity contribution in [2.45, 2.75) is 50.7 Å². The second-order valence-corrected chi connectivity index (χ2v) is 5.72. The minimum absolute atomic E-state index is 0.248. The standard InChI is InChI=1S/C15H19FO2/c1-10-4-2-3-7-15(10)9-13(17)12-8-11(16)5-6-14(12)18-15/h5-6,8,10,13,17H,2-4,7,9H2,1H3/t10?,13-,15?/m1/s1. The summed E-state index contributed by atoms with van der Waals surface area (Å²) in [7, 11) is 0. The minimum Gasteiger partial charge on any atom is -0.487 e. The van der Waals surface area contributed by atoms with Crippen molar-refractivity contribution in [1.82, 2.24) is 0 Å². The van der Waals surface area contributed by atoms with Gasteiger partial charge in [0.1, 0.15) is 17.2 Å². The zero-order valence-electron chi connectivity index (χ0n) is 10.7. The fourth-order valence-corrected chi connectivity index (χ4v) is 3.41. The average Bonchev–Trinajstić information content (AvgIpc) is 2.34. The van der Waals surface area contributed by atoms with Crippen LogP contribution in [-0.2, 0) is 0 Å². The molecule has 18 heavy (non-hydrogen) atoms. The quantitative estimate of drug-likeness (QED) is 0.762. The highest BCUT2D eigenvalue weighted by atomic mass is 19.1. The van der Waals surface area contributed by atoms with Crippen LogP contribution in [0.4, 0.5) is 4.39 Å². The molecule has 2 aliphatic rings. The van der Waals surface area contributed by atoms with Crippen molar-refractivity contribution in [3.05, 3.63) is 29.6 Å². The van der Waals surface area contributed by atoms with E-state index in [-0.39, 0.29) is 11.4 Å². The van der Waals surface area contributed by atoms with Gasteiger partial charge in [-0.3, -0.25) is 0 Å². The third kappa shape index (κ3) is 1.81. The number of rotatable bonds is 0. The number of aliphatic hydroxyl groups excluding tert-OH is 1. The lowest BCUT2D eigenvalue weighted by Gasteiger charge is -2.47. The molecule has 2 unspecified atom stereocenters. The average molecular weight is 250 g/mol. The number of aliphatic hydroxyl groups is 1. The molecule has 1 aromatic rings. The van der Waals surface area contributed by atoms with Gasteiger partial charge in [0.25, 0.3) is 0 Å². The fourth-order valence-electron chi connectivity index (χ4n) is 3.41. The van der Waals surface area contributed by atoms with E-state index in [2.05, 4.69) is 6.92 Å². The van der Waals surface area contributed by atoms with E-state index < -0.39 is 6.10 Å². The topological polar surface area (TPSA) is 29.5 Å². The Balaban J connectivity index is 1.98. The van der Waals surface area contributed by atoms with Crippen molar-refractivity contribution < 1.29 is 14.2 Å². The Morgan fingerprint density at radius 3 is 3.00 bits per heavy atom. The van der Waals surface area contributed by atoms with E-state index in [0.29, 0.717) is 23.7 Å².